The zero-order valence-corrected chi connectivity index (χ0v) is 13.7. The van der Waals surface area contributed by atoms with Crippen molar-refractivity contribution in [2.75, 3.05) is 0 Å². The van der Waals surface area contributed by atoms with E-state index in [0.29, 0.717) is 6.54 Å². The zero-order valence-electron chi connectivity index (χ0n) is 13.7. The predicted octanol–water partition coefficient (Wildman–Crippen LogP) is 2.27. The predicted molar refractivity (Wildman–Crippen MR) is 88.2 cm³/mol. The summed E-state index contributed by atoms with van der Waals surface area (Å²) in [6, 6.07) is 10.7. The third-order valence-electron chi connectivity index (χ3n) is 3.69. The van der Waals surface area contributed by atoms with Gasteiger partial charge in [-0.3, -0.25) is 14.6 Å². The minimum atomic E-state index is -0.642. The van der Waals surface area contributed by atoms with Crippen molar-refractivity contribution in [3.05, 3.63) is 65.7 Å². The van der Waals surface area contributed by atoms with Gasteiger partial charge in [0.25, 0.3) is 0 Å². The van der Waals surface area contributed by atoms with Crippen molar-refractivity contribution in [1.29, 1.82) is 0 Å². The van der Waals surface area contributed by atoms with E-state index >= 15 is 0 Å². The Balaban J connectivity index is 1.99. The summed E-state index contributed by atoms with van der Waals surface area (Å²) in [6.45, 7) is 3.62. The fourth-order valence-corrected chi connectivity index (χ4v) is 2.28. The number of hydrogen-bond acceptors (Lipinski definition) is 3. The molecule has 0 bridgehead atoms. The minimum Gasteiger partial charge on any atom is -0.349 e. The van der Waals surface area contributed by atoms with Crippen LogP contribution in [0.3, 0.4) is 0 Å². The SMILES string of the molecule is CC(=O)N(Cc1ccc(F)cc1)[C@@H](C)C(=O)NCc1ccccn1. The van der Waals surface area contributed by atoms with Gasteiger partial charge in [-0.2, -0.15) is 0 Å². The number of pyridine rings is 1. The smallest absolute Gasteiger partial charge is 0.242 e. The van der Waals surface area contributed by atoms with Gasteiger partial charge in [0.2, 0.25) is 11.8 Å². The number of nitrogens with one attached hydrogen (secondary N) is 1. The highest BCUT2D eigenvalue weighted by molar-refractivity contribution is 5.86. The van der Waals surface area contributed by atoms with Gasteiger partial charge in [0.05, 0.1) is 12.2 Å². The van der Waals surface area contributed by atoms with Gasteiger partial charge in [0.15, 0.2) is 0 Å². The Kier molecular flexibility index (Phi) is 6.01. The van der Waals surface area contributed by atoms with Crippen molar-refractivity contribution in [2.24, 2.45) is 0 Å². The van der Waals surface area contributed by atoms with Crippen LogP contribution in [0.15, 0.2) is 48.7 Å². The second-order valence-corrected chi connectivity index (χ2v) is 5.49. The molecule has 0 saturated carbocycles. The maximum absolute atomic E-state index is 13.0. The van der Waals surface area contributed by atoms with E-state index in [9.17, 15) is 14.0 Å². The Bertz CT molecular complexity index is 689. The molecular formula is C18H20FN3O2. The molecule has 0 radical (unpaired) electrons. The third kappa shape index (κ3) is 4.87. The minimum absolute atomic E-state index is 0.222. The van der Waals surface area contributed by atoms with Crippen LogP contribution in [0.25, 0.3) is 0 Å². The summed E-state index contributed by atoms with van der Waals surface area (Å²) < 4.78 is 13.0. The number of hydrogen-bond donors (Lipinski definition) is 1. The molecule has 126 valence electrons. The number of benzene rings is 1. The van der Waals surface area contributed by atoms with E-state index in [1.165, 1.54) is 24.0 Å². The van der Waals surface area contributed by atoms with Gasteiger partial charge in [-0.25, -0.2) is 4.39 Å². The molecule has 0 aliphatic heterocycles. The van der Waals surface area contributed by atoms with Crippen LogP contribution in [0.1, 0.15) is 25.1 Å². The quantitative estimate of drug-likeness (QED) is 0.884. The van der Waals surface area contributed by atoms with Crippen molar-refractivity contribution in [3.63, 3.8) is 0 Å². The second kappa shape index (κ2) is 8.19. The molecule has 1 heterocycles. The number of amides is 2. The molecule has 24 heavy (non-hydrogen) atoms. The van der Waals surface area contributed by atoms with Crippen LogP contribution < -0.4 is 5.32 Å². The molecule has 1 aromatic heterocycles. The van der Waals surface area contributed by atoms with E-state index in [2.05, 4.69) is 10.3 Å². The first kappa shape index (κ1) is 17.6. The van der Waals surface area contributed by atoms with Crippen LogP contribution in [0.4, 0.5) is 4.39 Å². The standard InChI is InChI=1S/C18H20FN3O2/c1-13(18(24)21-11-17-5-3-4-10-20-17)22(14(2)23)12-15-6-8-16(19)9-7-15/h3-10,13H,11-12H2,1-2H3,(H,21,24)/t13-/m0/s1. The van der Waals surface area contributed by atoms with Crippen molar-refractivity contribution >= 4 is 11.8 Å². The first-order valence-electron chi connectivity index (χ1n) is 7.66. The number of halogens is 1. The van der Waals surface area contributed by atoms with Gasteiger partial charge in [0, 0.05) is 19.7 Å². The number of rotatable bonds is 6. The first-order chi connectivity index (χ1) is 11.5. The Morgan fingerprint density at radius 3 is 2.50 bits per heavy atom. The van der Waals surface area contributed by atoms with Crippen LogP contribution in [-0.4, -0.2) is 27.7 Å². The van der Waals surface area contributed by atoms with Gasteiger partial charge < -0.3 is 10.2 Å². The Morgan fingerprint density at radius 1 is 1.21 bits per heavy atom. The summed E-state index contributed by atoms with van der Waals surface area (Å²) in [5.74, 6) is -0.827. The Hall–Kier alpha value is -2.76. The largest absolute Gasteiger partial charge is 0.349 e. The lowest BCUT2D eigenvalue weighted by atomic mass is 10.1. The fraction of sp³-hybridized carbons (Fsp3) is 0.278. The highest BCUT2D eigenvalue weighted by atomic mass is 19.1. The summed E-state index contributed by atoms with van der Waals surface area (Å²) in [4.78, 5) is 29.8. The Morgan fingerprint density at radius 2 is 1.92 bits per heavy atom. The van der Waals surface area contributed by atoms with E-state index in [1.807, 2.05) is 12.1 Å². The molecule has 0 fully saturated rings. The number of aromatic nitrogens is 1. The second-order valence-electron chi connectivity index (χ2n) is 5.49. The van der Waals surface area contributed by atoms with Gasteiger partial charge in [-0.05, 0) is 36.8 Å². The average molecular weight is 329 g/mol. The van der Waals surface area contributed by atoms with E-state index in [0.717, 1.165) is 11.3 Å². The zero-order chi connectivity index (χ0) is 17.5. The summed E-state index contributed by atoms with van der Waals surface area (Å²) in [6.07, 6.45) is 1.65. The van der Waals surface area contributed by atoms with E-state index in [1.54, 1.807) is 31.3 Å². The first-order valence-corrected chi connectivity index (χ1v) is 7.66. The van der Waals surface area contributed by atoms with Gasteiger partial charge in [-0.15, -0.1) is 0 Å². The molecule has 0 unspecified atom stereocenters. The molecule has 0 aliphatic carbocycles. The van der Waals surface area contributed by atoms with Crippen LogP contribution in [0, 0.1) is 5.82 Å². The van der Waals surface area contributed by atoms with E-state index < -0.39 is 6.04 Å². The molecule has 2 amide bonds. The van der Waals surface area contributed by atoms with Crippen molar-refractivity contribution in [3.8, 4) is 0 Å². The molecule has 1 aromatic carbocycles. The molecule has 2 aromatic rings. The van der Waals surface area contributed by atoms with Gasteiger partial charge in [-0.1, -0.05) is 18.2 Å². The van der Waals surface area contributed by atoms with Crippen molar-refractivity contribution in [2.45, 2.75) is 33.0 Å². The Labute approximate surface area is 140 Å². The van der Waals surface area contributed by atoms with Crippen LogP contribution in [0.5, 0.6) is 0 Å². The molecule has 1 N–H and O–H groups in total. The highest BCUT2D eigenvalue weighted by Gasteiger charge is 2.23. The summed E-state index contributed by atoms with van der Waals surface area (Å²) in [7, 11) is 0. The fourth-order valence-electron chi connectivity index (χ4n) is 2.28. The number of nitrogens with zero attached hydrogens (tertiary/aromatic N) is 2. The lowest BCUT2D eigenvalue weighted by Crippen LogP contribution is -2.46. The van der Waals surface area contributed by atoms with Crippen LogP contribution in [0.2, 0.25) is 0 Å². The maximum Gasteiger partial charge on any atom is 0.242 e. The molecular weight excluding hydrogens is 309 g/mol. The maximum atomic E-state index is 13.0. The number of carbonyl (C=O) groups is 2. The third-order valence-corrected chi connectivity index (χ3v) is 3.69. The average Bonchev–Trinajstić information content (AvgIpc) is 2.59. The van der Waals surface area contributed by atoms with E-state index in [-0.39, 0.29) is 24.2 Å². The normalized spacial score (nSPS) is 11.6. The monoisotopic (exact) mass is 329 g/mol. The molecule has 2 rings (SSSR count). The summed E-state index contributed by atoms with van der Waals surface area (Å²) in [5, 5.41) is 2.77. The molecule has 6 heteroatoms. The topological polar surface area (TPSA) is 62.3 Å². The van der Waals surface area contributed by atoms with Crippen LogP contribution >= 0.6 is 0 Å². The molecule has 0 saturated heterocycles. The van der Waals surface area contributed by atoms with Crippen molar-refractivity contribution < 1.29 is 14.0 Å². The van der Waals surface area contributed by atoms with E-state index in [4.69, 9.17) is 0 Å². The molecule has 1 atom stereocenters. The lowest BCUT2D eigenvalue weighted by Gasteiger charge is -2.27. The molecule has 0 spiro atoms. The molecule has 0 aliphatic rings. The lowest BCUT2D eigenvalue weighted by molar-refractivity contribution is -0.139. The molecule has 5 nitrogen and oxygen atoms in total. The van der Waals surface area contributed by atoms with Crippen LogP contribution in [-0.2, 0) is 22.7 Å². The summed E-state index contributed by atoms with van der Waals surface area (Å²) >= 11 is 0. The highest BCUT2D eigenvalue weighted by Crippen LogP contribution is 2.10. The van der Waals surface area contributed by atoms with Gasteiger partial charge >= 0.3 is 0 Å². The summed E-state index contributed by atoms with van der Waals surface area (Å²) in [5.41, 5.74) is 1.50. The van der Waals surface area contributed by atoms with Gasteiger partial charge in [0.1, 0.15) is 11.9 Å². The van der Waals surface area contributed by atoms with Crippen molar-refractivity contribution in [1.82, 2.24) is 15.2 Å². The number of carbonyl (C=O) groups excluding carboxylic acids is 2.